The number of amidine groups is 1. The summed E-state index contributed by atoms with van der Waals surface area (Å²) in [7, 11) is 2.11. The van der Waals surface area contributed by atoms with Crippen LogP contribution in [0.25, 0.3) is 0 Å². The van der Waals surface area contributed by atoms with Crippen molar-refractivity contribution in [2.75, 3.05) is 12.8 Å². The molecule has 1 aromatic carbocycles. The molecule has 1 heterocycles. The fourth-order valence-corrected chi connectivity index (χ4v) is 2.70. The van der Waals surface area contributed by atoms with Gasteiger partial charge in [-0.25, -0.2) is 4.99 Å². The summed E-state index contributed by atoms with van der Waals surface area (Å²) in [5.74, 6) is 1.11. The van der Waals surface area contributed by atoms with Crippen molar-refractivity contribution >= 4 is 22.6 Å². The Morgan fingerprint density at radius 1 is 1.27 bits per heavy atom. The Balaban J connectivity index is 2.23. The van der Waals surface area contributed by atoms with Gasteiger partial charge in [-0.1, -0.05) is 30.0 Å². The van der Waals surface area contributed by atoms with E-state index < -0.39 is 0 Å². The molecular formula is C12H16N2S. The summed E-state index contributed by atoms with van der Waals surface area (Å²) >= 11 is 1.83. The number of rotatable bonds is 1. The van der Waals surface area contributed by atoms with Gasteiger partial charge in [-0.3, -0.25) is 0 Å². The lowest BCUT2D eigenvalue weighted by Gasteiger charge is -2.27. The minimum Gasteiger partial charge on any atom is -0.348 e. The van der Waals surface area contributed by atoms with Crippen LogP contribution in [-0.2, 0) is 0 Å². The predicted octanol–water partition coefficient (Wildman–Crippen LogP) is 3.13. The number of thioether (sulfide) groups is 1. The molecule has 80 valence electrons. The summed E-state index contributed by atoms with van der Waals surface area (Å²) in [5.41, 5.74) is 1.25. The van der Waals surface area contributed by atoms with E-state index in [9.17, 15) is 0 Å². The molecule has 0 unspecified atom stereocenters. The lowest BCUT2D eigenvalue weighted by molar-refractivity contribution is 0.304. The van der Waals surface area contributed by atoms with Gasteiger partial charge in [0.25, 0.3) is 0 Å². The first-order valence-corrected chi connectivity index (χ1v) is 6.08. The Kier molecular flexibility index (Phi) is 2.74. The van der Waals surface area contributed by atoms with Crippen LogP contribution in [0.4, 0.5) is 5.69 Å². The maximum atomic E-state index is 4.64. The van der Waals surface area contributed by atoms with E-state index in [-0.39, 0.29) is 5.54 Å². The number of para-hydroxylation sites is 1. The van der Waals surface area contributed by atoms with Crippen molar-refractivity contribution in [2.24, 2.45) is 4.99 Å². The summed E-state index contributed by atoms with van der Waals surface area (Å²) in [4.78, 5) is 6.89. The van der Waals surface area contributed by atoms with E-state index in [1.165, 1.54) is 0 Å². The summed E-state index contributed by atoms with van der Waals surface area (Å²) < 4.78 is 0. The standard InChI is InChI=1S/C12H16N2S/c1-12(2)9-15-11(14(12)3)13-10-7-5-4-6-8-10/h4-8H,9H2,1-3H3/b13-11+. The van der Waals surface area contributed by atoms with Crippen LogP contribution >= 0.6 is 11.8 Å². The molecule has 1 aliphatic rings. The van der Waals surface area contributed by atoms with Crippen LogP contribution in [0.1, 0.15) is 13.8 Å². The van der Waals surface area contributed by atoms with Gasteiger partial charge in [-0.2, -0.15) is 0 Å². The molecule has 0 atom stereocenters. The van der Waals surface area contributed by atoms with E-state index in [0.29, 0.717) is 0 Å². The Bertz CT molecular complexity index is 370. The molecule has 1 aromatic rings. The van der Waals surface area contributed by atoms with E-state index >= 15 is 0 Å². The van der Waals surface area contributed by atoms with Crippen molar-refractivity contribution in [3.05, 3.63) is 30.3 Å². The zero-order valence-electron chi connectivity index (χ0n) is 9.40. The number of hydrogen-bond donors (Lipinski definition) is 0. The Hall–Kier alpha value is -0.960. The van der Waals surface area contributed by atoms with Gasteiger partial charge in [0.2, 0.25) is 0 Å². The molecule has 3 heteroatoms. The van der Waals surface area contributed by atoms with Crippen LogP contribution in [0, 0.1) is 0 Å². The van der Waals surface area contributed by atoms with E-state index in [1.54, 1.807) is 0 Å². The predicted molar refractivity (Wildman–Crippen MR) is 67.8 cm³/mol. The average molecular weight is 220 g/mol. The molecule has 0 aromatic heterocycles. The molecule has 0 radical (unpaired) electrons. The quantitative estimate of drug-likeness (QED) is 0.722. The van der Waals surface area contributed by atoms with Crippen LogP contribution in [0.2, 0.25) is 0 Å². The van der Waals surface area contributed by atoms with Crippen LogP contribution in [0.15, 0.2) is 35.3 Å². The Morgan fingerprint density at radius 2 is 1.93 bits per heavy atom. The maximum absolute atomic E-state index is 4.64. The molecule has 1 fully saturated rings. The van der Waals surface area contributed by atoms with Gasteiger partial charge >= 0.3 is 0 Å². The topological polar surface area (TPSA) is 15.6 Å². The summed E-state index contributed by atoms with van der Waals surface area (Å²) in [6.07, 6.45) is 0. The molecule has 0 amide bonds. The Labute approximate surface area is 95.4 Å². The lowest BCUT2D eigenvalue weighted by atomic mass is 10.1. The van der Waals surface area contributed by atoms with E-state index in [2.05, 4.69) is 30.8 Å². The average Bonchev–Trinajstić information content (AvgIpc) is 2.47. The van der Waals surface area contributed by atoms with Gasteiger partial charge in [0.1, 0.15) is 0 Å². The third-order valence-corrected chi connectivity index (χ3v) is 4.20. The normalized spacial score (nSPS) is 22.3. The zero-order chi connectivity index (χ0) is 10.9. The molecule has 1 saturated heterocycles. The SMILES string of the molecule is CN1/C(=N\c2ccccc2)SCC1(C)C. The maximum Gasteiger partial charge on any atom is 0.164 e. The first-order chi connectivity index (χ1) is 7.09. The second-order valence-corrected chi connectivity index (χ2v) is 5.33. The van der Waals surface area contributed by atoms with E-state index in [1.807, 2.05) is 42.1 Å². The highest BCUT2D eigenvalue weighted by molar-refractivity contribution is 8.14. The van der Waals surface area contributed by atoms with Crippen molar-refractivity contribution in [3.8, 4) is 0 Å². The highest BCUT2D eigenvalue weighted by Crippen LogP contribution is 2.32. The molecule has 2 rings (SSSR count). The van der Waals surface area contributed by atoms with Gasteiger partial charge in [-0.05, 0) is 26.0 Å². The van der Waals surface area contributed by atoms with Gasteiger partial charge in [0.15, 0.2) is 5.17 Å². The first-order valence-electron chi connectivity index (χ1n) is 5.10. The van der Waals surface area contributed by atoms with Crippen molar-refractivity contribution in [1.82, 2.24) is 4.90 Å². The molecule has 0 saturated carbocycles. The molecule has 0 spiro atoms. The molecule has 0 N–H and O–H groups in total. The molecule has 0 bridgehead atoms. The van der Waals surface area contributed by atoms with Crippen LogP contribution < -0.4 is 0 Å². The smallest absolute Gasteiger partial charge is 0.164 e. The van der Waals surface area contributed by atoms with Crippen molar-refractivity contribution in [2.45, 2.75) is 19.4 Å². The molecule has 2 nitrogen and oxygen atoms in total. The second-order valence-electron chi connectivity index (χ2n) is 4.39. The van der Waals surface area contributed by atoms with Gasteiger partial charge in [-0.15, -0.1) is 0 Å². The van der Waals surface area contributed by atoms with Gasteiger partial charge in [0.05, 0.1) is 5.69 Å². The van der Waals surface area contributed by atoms with Crippen LogP contribution in [0.3, 0.4) is 0 Å². The summed E-state index contributed by atoms with van der Waals surface area (Å²) in [6.45, 7) is 4.49. The lowest BCUT2D eigenvalue weighted by Crippen LogP contribution is -2.38. The van der Waals surface area contributed by atoms with Crippen molar-refractivity contribution in [3.63, 3.8) is 0 Å². The van der Waals surface area contributed by atoms with Crippen LogP contribution in [-0.4, -0.2) is 28.4 Å². The molecule has 1 aliphatic heterocycles. The monoisotopic (exact) mass is 220 g/mol. The summed E-state index contributed by atoms with van der Waals surface area (Å²) in [5, 5.41) is 1.12. The fourth-order valence-electron chi connectivity index (χ4n) is 1.41. The fraction of sp³-hybridized carbons (Fsp3) is 0.417. The van der Waals surface area contributed by atoms with Crippen LogP contribution in [0.5, 0.6) is 0 Å². The number of benzene rings is 1. The first kappa shape index (κ1) is 10.6. The van der Waals surface area contributed by atoms with Crippen molar-refractivity contribution in [1.29, 1.82) is 0 Å². The number of aliphatic imine (C=N–C) groups is 1. The second kappa shape index (κ2) is 3.89. The molecule has 0 aliphatic carbocycles. The highest BCUT2D eigenvalue weighted by atomic mass is 32.2. The zero-order valence-corrected chi connectivity index (χ0v) is 10.2. The molecule has 15 heavy (non-hydrogen) atoms. The third kappa shape index (κ3) is 2.17. The third-order valence-electron chi connectivity index (χ3n) is 2.73. The Morgan fingerprint density at radius 3 is 2.47 bits per heavy atom. The molecular weight excluding hydrogens is 204 g/mol. The summed E-state index contributed by atoms with van der Waals surface area (Å²) in [6, 6.07) is 10.1. The van der Waals surface area contributed by atoms with E-state index in [4.69, 9.17) is 0 Å². The van der Waals surface area contributed by atoms with Gasteiger partial charge in [0, 0.05) is 18.3 Å². The number of nitrogens with zero attached hydrogens (tertiary/aromatic N) is 2. The minimum absolute atomic E-state index is 0.221. The minimum atomic E-state index is 0.221. The van der Waals surface area contributed by atoms with Gasteiger partial charge < -0.3 is 4.90 Å². The largest absolute Gasteiger partial charge is 0.348 e. The van der Waals surface area contributed by atoms with E-state index in [0.717, 1.165) is 16.6 Å². The number of hydrogen-bond acceptors (Lipinski definition) is 2. The van der Waals surface area contributed by atoms with Crippen molar-refractivity contribution < 1.29 is 0 Å². The highest BCUT2D eigenvalue weighted by Gasteiger charge is 2.33.